The Morgan fingerprint density at radius 1 is 1.53 bits per heavy atom. The van der Waals surface area contributed by atoms with Gasteiger partial charge in [0.25, 0.3) is 0 Å². The summed E-state index contributed by atoms with van der Waals surface area (Å²) >= 11 is 1.75. The number of carbonyl (C=O) groups is 1. The van der Waals surface area contributed by atoms with E-state index in [4.69, 9.17) is 9.84 Å². The molecule has 0 saturated heterocycles. The van der Waals surface area contributed by atoms with E-state index in [0.717, 1.165) is 24.0 Å². The number of benzene rings is 1. The van der Waals surface area contributed by atoms with E-state index in [-0.39, 0.29) is 17.0 Å². The molecule has 0 heterocycles. The Labute approximate surface area is 114 Å². The topological polar surface area (TPSA) is 89.7 Å². The van der Waals surface area contributed by atoms with Crippen LogP contribution in [0.15, 0.2) is 18.2 Å². The molecule has 0 aliphatic carbocycles. The van der Waals surface area contributed by atoms with Crippen molar-refractivity contribution in [1.29, 1.82) is 0 Å². The van der Waals surface area contributed by atoms with Crippen LogP contribution in [0.2, 0.25) is 0 Å². The standard InChI is InChI=1S/C12H15NO5S/c1-2-19-7-3-6-18-11-8-9(12(14)15)4-5-10(11)13(16)17/h4-5,8H,2-3,6-7H2,1H3,(H,14,15). The lowest BCUT2D eigenvalue weighted by molar-refractivity contribution is -0.385. The van der Waals surface area contributed by atoms with Crippen LogP contribution in [0.5, 0.6) is 5.75 Å². The number of rotatable bonds is 8. The second-order valence-electron chi connectivity index (χ2n) is 3.64. The van der Waals surface area contributed by atoms with Crippen LogP contribution in [0.3, 0.4) is 0 Å². The highest BCUT2D eigenvalue weighted by Gasteiger charge is 2.17. The monoisotopic (exact) mass is 285 g/mol. The number of thioether (sulfide) groups is 1. The fourth-order valence-corrected chi connectivity index (χ4v) is 2.01. The summed E-state index contributed by atoms with van der Waals surface area (Å²) in [5, 5.41) is 19.7. The van der Waals surface area contributed by atoms with E-state index in [0.29, 0.717) is 6.61 Å². The van der Waals surface area contributed by atoms with E-state index >= 15 is 0 Å². The number of ether oxygens (including phenoxy) is 1. The van der Waals surface area contributed by atoms with Crippen LogP contribution in [-0.4, -0.2) is 34.1 Å². The minimum Gasteiger partial charge on any atom is -0.487 e. The molecule has 6 nitrogen and oxygen atoms in total. The molecular formula is C12H15NO5S. The third-order valence-corrected chi connectivity index (χ3v) is 3.28. The molecule has 19 heavy (non-hydrogen) atoms. The molecule has 104 valence electrons. The number of nitro groups is 1. The van der Waals surface area contributed by atoms with Gasteiger partial charge in [-0.05, 0) is 24.0 Å². The smallest absolute Gasteiger partial charge is 0.335 e. The Kier molecular flexibility index (Phi) is 6.14. The summed E-state index contributed by atoms with van der Waals surface area (Å²) in [5.41, 5.74) is -0.239. The lowest BCUT2D eigenvalue weighted by Gasteiger charge is -2.07. The summed E-state index contributed by atoms with van der Waals surface area (Å²) in [6.45, 7) is 2.38. The molecule has 0 bridgehead atoms. The molecule has 0 aromatic heterocycles. The molecule has 1 aromatic rings. The summed E-state index contributed by atoms with van der Waals surface area (Å²) in [5.74, 6) is 0.782. The predicted octanol–water partition coefficient (Wildman–Crippen LogP) is 2.82. The van der Waals surface area contributed by atoms with Gasteiger partial charge in [0.15, 0.2) is 5.75 Å². The first kappa shape index (κ1) is 15.3. The molecule has 0 spiro atoms. The van der Waals surface area contributed by atoms with Crippen molar-refractivity contribution in [1.82, 2.24) is 0 Å². The Bertz CT molecular complexity index is 463. The number of hydrogen-bond donors (Lipinski definition) is 1. The molecule has 7 heteroatoms. The van der Waals surface area contributed by atoms with Gasteiger partial charge in [0, 0.05) is 12.1 Å². The van der Waals surface area contributed by atoms with Gasteiger partial charge in [0.1, 0.15) is 0 Å². The summed E-state index contributed by atoms with van der Waals surface area (Å²) in [7, 11) is 0. The third kappa shape index (κ3) is 4.78. The molecule has 0 amide bonds. The maximum Gasteiger partial charge on any atom is 0.335 e. The molecule has 0 atom stereocenters. The Hall–Kier alpha value is -1.76. The van der Waals surface area contributed by atoms with Crippen molar-refractivity contribution in [2.75, 3.05) is 18.1 Å². The van der Waals surface area contributed by atoms with E-state index < -0.39 is 10.9 Å². The largest absolute Gasteiger partial charge is 0.487 e. The maximum absolute atomic E-state index is 10.8. The number of nitrogens with zero attached hydrogens (tertiary/aromatic N) is 1. The van der Waals surface area contributed by atoms with Crippen molar-refractivity contribution in [3.8, 4) is 5.75 Å². The van der Waals surface area contributed by atoms with Crippen molar-refractivity contribution in [3.05, 3.63) is 33.9 Å². The number of nitro benzene ring substituents is 1. The Morgan fingerprint density at radius 2 is 2.26 bits per heavy atom. The van der Waals surface area contributed by atoms with Gasteiger partial charge in [-0.25, -0.2) is 4.79 Å². The molecular weight excluding hydrogens is 270 g/mol. The van der Waals surface area contributed by atoms with Crippen LogP contribution < -0.4 is 4.74 Å². The number of hydrogen-bond acceptors (Lipinski definition) is 5. The van der Waals surface area contributed by atoms with Gasteiger partial charge in [-0.1, -0.05) is 6.92 Å². The summed E-state index contributed by atoms with van der Waals surface area (Å²) in [6.07, 6.45) is 0.757. The summed E-state index contributed by atoms with van der Waals surface area (Å²) < 4.78 is 5.32. The normalized spacial score (nSPS) is 10.2. The third-order valence-electron chi connectivity index (χ3n) is 2.30. The molecule has 0 saturated carbocycles. The molecule has 0 radical (unpaired) electrons. The number of aromatic carboxylic acids is 1. The average molecular weight is 285 g/mol. The Morgan fingerprint density at radius 3 is 2.84 bits per heavy atom. The van der Waals surface area contributed by atoms with Crippen LogP contribution >= 0.6 is 11.8 Å². The highest BCUT2D eigenvalue weighted by atomic mass is 32.2. The van der Waals surface area contributed by atoms with Crippen LogP contribution in [0.4, 0.5) is 5.69 Å². The highest BCUT2D eigenvalue weighted by Crippen LogP contribution is 2.28. The van der Waals surface area contributed by atoms with Crippen LogP contribution in [0.1, 0.15) is 23.7 Å². The van der Waals surface area contributed by atoms with Crippen molar-refractivity contribution < 1.29 is 19.6 Å². The number of carboxylic acids is 1. The van der Waals surface area contributed by atoms with Gasteiger partial charge in [0.2, 0.25) is 0 Å². The summed E-state index contributed by atoms with van der Waals surface area (Å²) in [6, 6.07) is 3.53. The van der Waals surface area contributed by atoms with Crippen molar-refractivity contribution in [3.63, 3.8) is 0 Å². The van der Waals surface area contributed by atoms with E-state index in [9.17, 15) is 14.9 Å². The van der Waals surface area contributed by atoms with Crippen molar-refractivity contribution >= 4 is 23.4 Å². The van der Waals surface area contributed by atoms with Crippen LogP contribution in [-0.2, 0) is 0 Å². The zero-order chi connectivity index (χ0) is 14.3. The SMILES string of the molecule is CCSCCCOc1cc(C(=O)O)ccc1[N+](=O)[O-]. The summed E-state index contributed by atoms with van der Waals surface area (Å²) in [4.78, 5) is 21.1. The quantitative estimate of drug-likeness (QED) is 0.449. The average Bonchev–Trinajstić information content (AvgIpc) is 2.38. The van der Waals surface area contributed by atoms with E-state index in [1.54, 1.807) is 11.8 Å². The van der Waals surface area contributed by atoms with Gasteiger partial charge in [-0.2, -0.15) is 11.8 Å². The lowest BCUT2D eigenvalue weighted by atomic mass is 10.2. The second kappa shape index (κ2) is 7.63. The van der Waals surface area contributed by atoms with Crippen molar-refractivity contribution in [2.45, 2.75) is 13.3 Å². The fraction of sp³-hybridized carbons (Fsp3) is 0.417. The highest BCUT2D eigenvalue weighted by molar-refractivity contribution is 7.99. The molecule has 0 fully saturated rings. The van der Waals surface area contributed by atoms with Gasteiger partial charge in [-0.15, -0.1) is 0 Å². The van der Waals surface area contributed by atoms with Gasteiger partial charge < -0.3 is 9.84 Å². The van der Waals surface area contributed by atoms with Crippen LogP contribution in [0, 0.1) is 10.1 Å². The lowest BCUT2D eigenvalue weighted by Crippen LogP contribution is -2.04. The molecule has 0 unspecified atom stereocenters. The van der Waals surface area contributed by atoms with Gasteiger partial charge in [-0.3, -0.25) is 10.1 Å². The van der Waals surface area contributed by atoms with E-state index in [1.165, 1.54) is 12.1 Å². The minimum atomic E-state index is -1.14. The molecule has 0 aliphatic rings. The Balaban J connectivity index is 2.74. The second-order valence-corrected chi connectivity index (χ2v) is 5.04. The minimum absolute atomic E-state index is 0.00592. The van der Waals surface area contributed by atoms with E-state index in [2.05, 4.69) is 0 Å². The van der Waals surface area contributed by atoms with Gasteiger partial charge >= 0.3 is 11.7 Å². The molecule has 0 aliphatic heterocycles. The first-order valence-electron chi connectivity index (χ1n) is 5.78. The van der Waals surface area contributed by atoms with Crippen LogP contribution in [0.25, 0.3) is 0 Å². The van der Waals surface area contributed by atoms with Crippen molar-refractivity contribution in [2.24, 2.45) is 0 Å². The molecule has 1 aromatic carbocycles. The zero-order valence-corrected chi connectivity index (χ0v) is 11.3. The molecule has 1 N–H and O–H groups in total. The first-order valence-corrected chi connectivity index (χ1v) is 6.94. The van der Waals surface area contributed by atoms with E-state index in [1.807, 2.05) is 6.92 Å². The predicted molar refractivity (Wildman–Crippen MR) is 73.2 cm³/mol. The zero-order valence-electron chi connectivity index (χ0n) is 10.5. The molecule has 1 rings (SSSR count). The first-order chi connectivity index (χ1) is 9.06. The number of carboxylic acid groups (broad SMARTS) is 1. The maximum atomic E-state index is 10.8. The van der Waals surface area contributed by atoms with Gasteiger partial charge in [0.05, 0.1) is 17.1 Å². The fourth-order valence-electron chi connectivity index (χ4n) is 1.40.